The first kappa shape index (κ1) is 22.1. The lowest BCUT2D eigenvalue weighted by atomic mass is 9.95. The maximum absolute atomic E-state index is 13.0. The molecule has 0 aromatic heterocycles. The molecule has 1 heterocycles. The topological polar surface area (TPSA) is 62.0 Å². The van der Waals surface area contributed by atoms with Crippen molar-refractivity contribution < 1.29 is 19.6 Å². The molecule has 1 fully saturated rings. The molecular weight excluding hydrogens is 400 g/mol. The number of aryl methyl sites for hydroxylation is 1. The molecular formula is C24H28ClN2O3+. The minimum atomic E-state index is -0.667. The molecule has 0 spiro atoms. The van der Waals surface area contributed by atoms with Gasteiger partial charge in [0, 0.05) is 10.6 Å². The summed E-state index contributed by atoms with van der Waals surface area (Å²) < 4.78 is 0. The number of nitrogens with zero attached hydrogens (tertiary/aromatic N) is 1. The molecule has 0 radical (unpaired) electrons. The third-order valence-electron chi connectivity index (χ3n) is 5.74. The molecule has 158 valence electrons. The number of hydrogen-bond donors (Lipinski definition) is 2. The molecule has 1 amide bonds. The van der Waals surface area contributed by atoms with E-state index in [-0.39, 0.29) is 11.3 Å². The number of likely N-dealkylation sites (tertiary alicyclic amines) is 1. The van der Waals surface area contributed by atoms with Crippen LogP contribution in [0.25, 0.3) is 5.76 Å². The van der Waals surface area contributed by atoms with Crippen LogP contribution in [0.3, 0.4) is 0 Å². The lowest BCUT2D eigenvalue weighted by molar-refractivity contribution is -0.895. The highest BCUT2D eigenvalue weighted by molar-refractivity contribution is 6.46. The fraction of sp³-hybridized carbons (Fsp3) is 0.333. The fourth-order valence-electron chi connectivity index (χ4n) is 3.88. The number of aliphatic hydroxyl groups excluding tert-OH is 1. The van der Waals surface area contributed by atoms with Gasteiger partial charge in [0.1, 0.15) is 5.76 Å². The maximum Gasteiger partial charge on any atom is 0.295 e. The second-order valence-corrected chi connectivity index (χ2v) is 8.06. The van der Waals surface area contributed by atoms with E-state index >= 15 is 0 Å². The van der Waals surface area contributed by atoms with Gasteiger partial charge in [-0.25, -0.2) is 0 Å². The number of ketones is 1. The smallest absolute Gasteiger partial charge is 0.295 e. The zero-order valence-corrected chi connectivity index (χ0v) is 18.4. The van der Waals surface area contributed by atoms with Crippen molar-refractivity contribution in [1.29, 1.82) is 0 Å². The van der Waals surface area contributed by atoms with E-state index in [0.29, 0.717) is 22.7 Å². The number of likely N-dealkylation sites (N-methyl/N-ethyl adjacent to an activating group) is 1. The van der Waals surface area contributed by atoms with E-state index in [9.17, 15) is 14.7 Å². The van der Waals surface area contributed by atoms with Crippen LogP contribution >= 0.6 is 11.6 Å². The van der Waals surface area contributed by atoms with Gasteiger partial charge in [0.15, 0.2) is 0 Å². The van der Waals surface area contributed by atoms with Crippen molar-refractivity contribution >= 4 is 29.1 Å². The molecule has 0 bridgehead atoms. The molecule has 1 aliphatic heterocycles. The van der Waals surface area contributed by atoms with E-state index in [0.717, 1.165) is 25.2 Å². The van der Waals surface area contributed by atoms with Gasteiger partial charge in [-0.3, -0.25) is 9.59 Å². The highest BCUT2D eigenvalue weighted by Crippen LogP contribution is 2.39. The molecule has 3 rings (SSSR count). The first-order valence-electron chi connectivity index (χ1n) is 10.3. The molecule has 2 N–H and O–H groups in total. The fourth-order valence-corrected chi connectivity index (χ4v) is 4.08. The summed E-state index contributed by atoms with van der Waals surface area (Å²) in [6.07, 6.45) is 0. The van der Waals surface area contributed by atoms with Gasteiger partial charge in [0.2, 0.25) is 0 Å². The van der Waals surface area contributed by atoms with Crippen molar-refractivity contribution in [2.24, 2.45) is 0 Å². The summed E-state index contributed by atoms with van der Waals surface area (Å²) >= 11 is 6.21. The highest BCUT2D eigenvalue weighted by atomic mass is 35.5. The van der Waals surface area contributed by atoms with Crippen LogP contribution < -0.4 is 4.90 Å². The number of quaternary nitrogens is 1. The second-order valence-electron chi connectivity index (χ2n) is 7.62. The van der Waals surface area contributed by atoms with E-state index in [1.807, 2.05) is 25.1 Å². The number of Topliss-reactive ketones (excluding diaryl/α,β-unsaturated/α-hetero) is 1. The van der Waals surface area contributed by atoms with Gasteiger partial charge in [-0.15, -0.1) is 0 Å². The van der Waals surface area contributed by atoms with Gasteiger partial charge in [0.25, 0.3) is 11.7 Å². The third kappa shape index (κ3) is 4.42. The Morgan fingerprint density at radius 3 is 2.37 bits per heavy atom. The minimum Gasteiger partial charge on any atom is -0.507 e. The number of rotatable bonds is 7. The molecule has 1 atom stereocenters. The summed E-state index contributed by atoms with van der Waals surface area (Å²) in [6.45, 7) is 9.16. The predicted octanol–water partition coefficient (Wildman–Crippen LogP) is 2.99. The van der Waals surface area contributed by atoms with E-state index in [4.69, 9.17) is 11.6 Å². The number of amides is 1. The Morgan fingerprint density at radius 1 is 1.10 bits per heavy atom. The molecule has 5 nitrogen and oxygen atoms in total. The van der Waals surface area contributed by atoms with Crippen molar-refractivity contribution in [3.05, 3.63) is 75.8 Å². The lowest BCUT2D eigenvalue weighted by Gasteiger charge is -2.27. The van der Waals surface area contributed by atoms with Crippen LogP contribution in [0.4, 0.5) is 0 Å². The number of aliphatic hydroxyl groups is 1. The van der Waals surface area contributed by atoms with Gasteiger partial charge in [-0.05, 0) is 38.5 Å². The summed E-state index contributed by atoms with van der Waals surface area (Å²) in [5, 5.41) is 11.5. The van der Waals surface area contributed by atoms with Crippen molar-refractivity contribution in [2.45, 2.75) is 26.8 Å². The summed E-state index contributed by atoms with van der Waals surface area (Å²) in [6, 6.07) is 13.7. The van der Waals surface area contributed by atoms with Crippen LogP contribution in [0.5, 0.6) is 0 Å². The largest absolute Gasteiger partial charge is 0.507 e. The molecule has 0 aliphatic carbocycles. The first-order valence-corrected chi connectivity index (χ1v) is 10.7. The van der Waals surface area contributed by atoms with Gasteiger partial charge < -0.3 is 14.9 Å². The standard InChI is InChI=1S/C24H27ClN2O3/c1-4-26(5-2)13-14-27-21(18-7-6-8-19(25)15-18)20(23(29)24(27)30)22(28)17-11-9-16(3)10-12-17/h6-12,15,21,28H,4-5,13-14H2,1-3H3/p+1/t21-/m1/s1. The number of nitrogens with one attached hydrogen (secondary N) is 1. The predicted molar refractivity (Wildman–Crippen MR) is 119 cm³/mol. The number of carbonyl (C=O) groups excluding carboxylic acids is 2. The van der Waals surface area contributed by atoms with Gasteiger partial charge in [-0.2, -0.15) is 0 Å². The Bertz CT molecular complexity index is 965. The monoisotopic (exact) mass is 427 g/mol. The van der Waals surface area contributed by atoms with Gasteiger partial charge >= 0.3 is 0 Å². The highest BCUT2D eigenvalue weighted by Gasteiger charge is 2.46. The van der Waals surface area contributed by atoms with Crippen LogP contribution in [-0.4, -0.2) is 47.9 Å². The molecule has 2 aromatic carbocycles. The quantitative estimate of drug-likeness (QED) is 0.405. The van der Waals surface area contributed by atoms with E-state index in [2.05, 4.69) is 13.8 Å². The summed E-state index contributed by atoms with van der Waals surface area (Å²) in [5.74, 6) is -1.40. The van der Waals surface area contributed by atoms with E-state index in [1.54, 1.807) is 35.2 Å². The Kier molecular flexibility index (Phi) is 6.95. The van der Waals surface area contributed by atoms with Gasteiger partial charge in [0.05, 0.1) is 37.8 Å². The van der Waals surface area contributed by atoms with Crippen molar-refractivity contribution in [2.75, 3.05) is 26.2 Å². The van der Waals surface area contributed by atoms with Crippen LogP contribution in [0.1, 0.15) is 36.6 Å². The summed E-state index contributed by atoms with van der Waals surface area (Å²) in [5.41, 5.74) is 2.38. The SMILES string of the molecule is CC[NH+](CC)CCN1C(=O)C(=O)C(=C(O)c2ccc(C)cc2)[C@H]1c1cccc(Cl)c1. The molecule has 2 aromatic rings. The molecule has 0 unspecified atom stereocenters. The average Bonchev–Trinajstić information content (AvgIpc) is 2.99. The van der Waals surface area contributed by atoms with Crippen molar-refractivity contribution in [3.8, 4) is 0 Å². The normalized spacial score (nSPS) is 18.4. The zero-order valence-electron chi connectivity index (χ0n) is 17.6. The Labute approximate surface area is 182 Å². The van der Waals surface area contributed by atoms with Crippen LogP contribution in [0.15, 0.2) is 54.1 Å². The van der Waals surface area contributed by atoms with Crippen molar-refractivity contribution in [3.63, 3.8) is 0 Å². The summed E-state index contributed by atoms with van der Waals surface area (Å²) in [4.78, 5) is 28.9. The number of benzene rings is 2. The van der Waals surface area contributed by atoms with Crippen LogP contribution in [0, 0.1) is 6.92 Å². The number of carbonyl (C=O) groups is 2. The van der Waals surface area contributed by atoms with E-state index in [1.165, 1.54) is 4.90 Å². The molecule has 6 heteroatoms. The first-order chi connectivity index (χ1) is 14.4. The van der Waals surface area contributed by atoms with E-state index < -0.39 is 17.7 Å². The number of hydrogen-bond acceptors (Lipinski definition) is 3. The summed E-state index contributed by atoms with van der Waals surface area (Å²) in [7, 11) is 0. The molecule has 1 saturated heterocycles. The van der Waals surface area contributed by atoms with Crippen LogP contribution in [0.2, 0.25) is 5.02 Å². The third-order valence-corrected chi connectivity index (χ3v) is 5.97. The molecule has 30 heavy (non-hydrogen) atoms. The van der Waals surface area contributed by atoms with Crippen molar-refractivity contribution in [1.82, 2.24) is 4.90 Å². The van der Waals surface area contributed by atoms with Gasteiger partial charge in [-0.1, -0.05) is 53.6 Å². The molecule has 1 aliphatic rings. The second kappa shape index (κ2) is 9.45. The lowest BCUT2D eigenvalue weighted by Crippen LogP contribution is -3.12. The zero-order chi connectivity index (χ0) is 21.8. The maximum atomic E-state index is 13.0. The van der Waals surface area contributed by atoms with Crippen LogP contribution in [-0.2, 0) is 9.59 Å². The Balaban J connectivity index is 2.09. The average molecular weight is 428 g/mol. The molecule has 0 saturated carbocycles. The number of halogens is 1. The minimum absolute atomic E-state index is 0.112. The Morgan fingerprint density at radius 2 is 1.77 bits per heavy atom. The Hall–Kier alpha value is -2.63.